The van der Waals surface area contributed by atoms with Gasteiger partial charge in [-0.1, -0.05) is 18.6 Å². The van der Waals surface area contributed by atoms with E-state index < -0.39 is 44.7 Å². The fraction of sp³-hybridized carbons (Fsp3) is 0.350. The highest BCUT2D eigenvalue weighted by atomic mass is 32.2. The molecule has 0 unspecified atom stereocenters. The van der Waals surface area contributed by atoms with Crippen LogP contribution >= 0.6 is 0 Å². The molecule has 3 N–H and O–H groups in total. The summed E-state index contributed by atoms with van der Waals surface area (Å²) >= 11 is 0. The van der Waals surface area contributed by atoms with Crippen molar-refractivity contribution in [2.75, 3.05) is 13.1 Å². The zero-order chi connectivity index (χ0) is 22.8. The molecule has 168 valence electrons. The largest absolute Gasteiger partial charge is 0.504 e. The smallest absolute Gasteiger partial charge is 0.416 e. The number of phenolic OH excluding ortho intramolecular Hbond substituents is 2. The number of aromatic hydroxyl groups is 2. The Morgan fingerprint density at radius 1 is 1.03 bits per heavy atom. The summed E-state index contributed by atoms with van der Waals surface area (Å²) in [7, 11) is -3.97. The summed E-state index contributed by atoms with van der Waals surface area (Å²) < 4.78 is 64.8. The number of alkyl halides is 3. The summed E-state index contributed by atoms with van der Waals surface area (Å²) in [5.41, 5.74) is -0.926. The van der Waals surface area contributed by atoms with Gasteiger partial charge in [0.25, 0.3) is 5.91 Å². The van der Waals surface area contributed by atoms with Crippen LogP contribution in [-0.4, -0.2) is 41.9 Å². The molecule has 31 heavy (non-hydrogen) atoms. The average molecular weight is 458 g/mol. The van der Waals surface area contributed by atoms with Crippen molar-refractivity contribution in [2.24, 2.45) is 0 Å². The van der Waals surface area contributed by atoms with Crippen LogP contribution in [0.3, 0.4) is 0 Å². The molecule has 0 radical (unpaired) electrons. The van der Waals surface area contributed by atoms with Gasteiger partial charge in [0, 0.05) is 25.7 Å². The number of rotatable bonds is 5. The second-order valence-electron chi connectivity index (χ2n) is 7.18. The molecular weight excluding hydrogens is 437 g/mol. The number of carbonyl (C=O) groups is 1. The van der Waals surface area contributed by atoms with Crippen molar-refractivity contribution in [3.63, 3.8) is 0 Å². The highest BCUT2D eigenvalue weighted by molar-refractivity contribution is 7.89. The number of carbonyl (C=O) groups excluding carboxylic acids is 1. The fourth-order valence-corrected chi connectivity index (χ4v) is 4.82. The molecule has 2 aromatic carbocycles. The van der Waals surface area contributed by atoms with Gasteiger partial charge in [-0.2, -0.15) is 17.5 Å². The second kappa shape index (κ2) is 8.75. The molecule has 7 nitrogen and oxygen atoms in total. The van der Waals surface area contributed by atoms with E-state index >= 15 is 0 Å². The minimum absolute atomic E-state index is 0.166. The molecule has 0 saturated carbocycles. The van der Waals surface area contributed by atoms with Crippen molar-refractivity contribution in [1.82, 2.24) is 9.62 Å². The number of amides is 1. The molecule has 0 bridgehead atoms. The van der Waals surface area contributed by atoms with Crippen LogP contribution in [-0.2, 0) is 22.7 Å². The Balaban J connectivity index is 1.79. The van der Waals surface area contributed by atoms with Gasteiger partial charge in [0.05, 0.1) is 16.0 Å². The number of halogens is 3. The molecule has 1 fully saturated rings. The number of hydrogen-bond acceptors (Lipinski definition) is 5. The number of piperidine rings is 1. The van der Waals surface area contributed by atoms with Crippen LogP contribution in [0.15, 0.2) is 41.3 Å². The van der Waals surface area contributed by atoms with Crippen molar-refractivity contribution in [1.29, 1.82) is 0 Å². The molecule has 11 heteroatoms. The molecule has 0 atom stereocenters. The lowest BCUT2D eigenvalue weighted by Crippen LogP contribution is -2.35. The maximum atomic E-state index is 12.8. The number of nitrogens with zero attached hydrogens (tertiary/aromatic N) is 1. The Morgan fingerprint density at radius 2 is 1.65 bits per heavy atom. The van der Waals surface area contributed by atoms with Gasteiger partial charge in [-0.25, -0.2) is 8.42 Å². The van der Waals surface area contributed by atoms with E-state index in [1.54, 1.807) is 0 Å². The lowest BCUT2D eigenvalue weighted by atomic mass is 10.1. The van der Waals surface area contributed by atoms with Crippen LogP contribution < -0.4 is 5.32 Å². The topological polar surface area (TPSA) is 107 Å². The maximum absolute atomic E-state index is 12.8. The van der Waals surface area contributed by atoms with E-state index in [1.165, 1.54) is 16.4 Å². The third-order valence-corrected chi connectivity index (χ3v) is 6.87. The van der Waals surface area contributed by atoms with Crippen LogP contribution in [0, 0.1) is 0 Å². The number of benzene rings is 2. The molecule has 0 aromatic heterocycles. The summed E-state index contributed by atoms with van der Waals surface area (Å²) in [6.45, 7) is 0.471. The third kappa shape index (κ3) is 5.10. The molecule has 1 amide bonds. The Bertz CT molecular complexity index is 1060. The minimum Gasteiger partial charge on any atom is -0.504 e. The summed E-state index contributed by atoms with van der Waals surface area (Å²) in [5.74, 6) is -2.44. The van der Waals surface area contributed by atoms with Gasteiger partial charge in [-0.05, 0) is 36.6 Å². The molecule has 0 spiro atoms. The lowest BCUT2D eigenvalue weighted by Gasteiger charge is -2.26. The van der Waals surface area contributed by atoms with Crippen LogP contribution in [0.4, 0.5) is 13.2 Å². The van der Waals surface area contributed by atoms with Crippen molar-refractivity contribution in [2.45, 2.75) is 36.9 Å². The number of sulfonamides is 1. The normalized spacial score (nSPS) is 15.6. The SMILES string of the molecule is O=C(NCc1ccc(C(F)(F)F)cc1)c1cc(S(=O)(=O)N2CCCCC2)cc(O)c1O. The zero-order valence-corrected chi connectivity index (χ0v) is 17.1. The van der Waals surface area contributed by atoms with E-state index in [-0.39, 0.29) is 11.4 Å². The predicted octanol–water partition coefficient (Wildman–Crippen LogP) is 3.22. The number of phenols is 2. The van der Waals surface area contributed by atoms with E-state index in [9.17, 15) is 36.6 Å². The van der Waals surface area contributed by atoms with Gasteiger partial charge in [-0.3, -0.25) is 4.79 Å². The molecule has 2 aromatic rings. The first kappa shape index (κ1) is 22.9. The molecule has 1 aliphatic rings. The quantitative estimate of drug-likeness (QED) is 0.597. The summed E-state index contributed by atoms with van der Waals surface area (Å²) in [6, 6.07) is 5.98. The predicted molar refractivity (Wildman–Crippen MR) is 105 cm³/mol. The number of nitrogens with one attached hydrogen (secondary N) is 1. The Labute approximate surface area is 177 Å². The summed E-state index contributed by atoms with van der Waals surface area (Å²) in [5, 5.41) is 22.4. The second-order valence-corrected chi connectivity index (χ2v) is 9.12. The summed E-state index contributed by atoms with van der Waals surface area (Å²) in [4.78, 5) is 12.2. The van der Waals surface area contributed by atoms with Crippen LogP contribution in [0.5, 0.6) is 11.5 Å². The molecular formula is C20H21F3N2O5S. The van der Waals surface area contributed by atoms with Crippen molar-refractivity contribution in [3.8, 4) is 11.5 Å². The molecule has 3 rings (SSSR count). The highest BCUT2D eigenvalue weighted by Crippen LogP contribution is 2.34. The van der Waals surface area contributed by atoms with E-state index in [1.807, 2.05) is 0 Å². The van der Waals surface area contributed by atoms with E-state index in [0.29, 0.717) is 31.5 Å². The van der Waals surface area contributed by atoms with E-state index in [2.05, 4.69) is 5.32 Å². The van der Waals surface area contributed by atoms with Crippen molar-refractivity contribution >= 4 is 15.9 Å². The highest BCUT2D eigenvalue weighted by Gasteiger charge is 2.30. The minimum atomic E-state index is -4.48. The molecule has 0 aliphatic carbocycles. The van der Waals surface area contributed by atoms with Gasteiger partial charge in [0.1, 0.15) is 0 Å². The van der Waals surface area contributed by atoms with Gasteiger partial charge in [0.2, 0.25) is 10.0 Å². The lowest BCUT2D eigenvalue weighted by molar-refractivity contribution is -0.137. The number of hydrogen-bond donors (Lipinski definition) is 3. The Hall–Kier alpha value is -2.79. The molecule has 1 saturated heterocycles. The van der Waals surface area contributed by atoms with Crippen LogP contribution in [0.2, 0.25) is 0 Å². The summed E-state index contributed by atoms with van der Waals surface area (Å²) in [6.07, 6.45) is -2.18. The monoisotopic (exact) mass is 458 g/mol. The van der Waals surface area contributed by atoms with Gasteiger partial charge in [0.15, 0.2) is 11.5 Å². The van der Waals surface area contributed by atoms with Crippen LogP contribution in [0.25, 0.3) is 0 Å². The maximum Gasteiger partial charge on any atom is 0.416 e. The van der Waals surface area contributed by atoms with Gasteiger partial charge < -0.3 is 15.5 Å². The first-order valence-corrected chi connectivity index (χ1v) is 10.9. The Morgan fingerprint density at radius 3 is 2.23 bits per heavy atom. The molecule has 1 aliphatic heterocycles. The average Bonchev–Trinajstić information content (AvgIpc) is 2.74. The standard InChI is InChI=1S/C20H21F3N2O5S/c21-20(22,23)14-6-4-13(5-7-14)12-24-19(28)16-10-15(11-17(26)18(16)27)31(29,30)25-8-2-1-3-9-25/h4-7,10-11,26-27H,1-3,8-9,12H2,(H,24,28). The van der Waals surface area contributed by atoms with Crippen molar-refractivity contribution in [3.05, 3.63) is 53.1 Å². The first-order chi connectivity index (χ1) is 14.5. The fourth-order valence-electron chi connectivity index (χ4n) is 3.26. The molecule has 1 heterocycles. The van der Waals surface area contributed by atoms with Gasteiger partial charge >= 0.3 is 6.18 Å². The van der Waals surface area contributed by atoms with Gasteiger partial charge in [-0.15, -0.1) is 0 Å². The zero-order valence-electron chi connectivity index (χ0n) is 16.3. The van der Waals surface area contributed by atoms with Crippen LogP contribution in [0.1, 0.15) is 40.7 Å². The van der Waals surface area contributed by atoms with E-state index in [4.69, 9.17) is 0 Å². The van der Waals surface area contributed by atoms with E-state index in [0.717, 1.165) is 30.7 Å². The Kier molecular flexibility index (Phi) is 6.46. The third-order valence-electron chi connectivity index (χ3n) is 5.00. The van der Waals surface area contributed by atoms with Crippen molar-refractivity contribution < 1.29 is 36.6 Å². The first-order valence-electron chi connectivity index (χ1n) is 9.50.